The van der Waals surface area contributed by atoms with Gasteiger partial charge in [-0.05, 0) is 26.8 Å². The maximum Gasteiger partial charge on any atom is 0.264 e. The first-order valence-corrected chi connectivity index (χ1v) is 10.2. The summed E-state index contributed by atoms with van der Waals surface area (Å²) in [5, 5.41) is 19.3. The lowest BCUT2D eigenvalue weighted by molar-refractivity contribution is 0.102. The highest BCUT2D eigenvalue weighted by Crippen LogP contribution is 2.04. The molecule has 1 heterocycles. The van der Waals surface area contributed by atoms with Crippen molar-refractivity contribution >= 4 is 10.1 Å². The third-order valence-corrected chi connectivity index (χ3v) is 4.92. The molecule has 0 spiro atoms. The Morgan fingerprint density at radius 2 is 1.21 bits per heavy atom. The van der Waals surface area contributed by atoms with E-state index in [1.165, 1.54) is 0 Å². The number of nitrogens with zero attached hydrogens (tertiary/aromatic N) is 3. The molecule has 0 unspecified atom stereocenters. The van der Waals surface area contributed by atoms with E-state index in [0.29, 0.717) is 26.1 Å². The van der Waals surface area contributed by atoms with Crippen LogP contribution < -0.4 is 0 Å². The van der Waals surface area contributed by atoms with E-state index >= 15 is 0 Å². The van der Waals surface area contributed by atoms with E-state index in [9.17, 15) is 18.6 Å². The van der Waals surface area contributed by atoms with Crippen LogP contribution in [0.2, 0.25) is 0 Å². The summed E-state index contributed by atoms with van der Waals surface area (Å²) in [4.78, 5) is 6.57. The van der Waals surface area contributed by atoms with Crippen LogP contribution >= 0.6 is 0 Å². The SMILES string of the molecule is C[C@H](O)CN1CCN(CCCS(=O)(=O)O)CCN(C[C@H](C)O)CC1. The number of aliphatic hydroxyl groups excluding tert-OH is 2. The zero-order chi connectivity index (χ0) is 18.2. The molecular weight excluding hydrogens is 334 g/mol. The summed E-state index contributed by atoms with van der Waals surface area (Å²) in [7, 11) is -3.92. The lowest BCUT2D eigenvalue weighted by Gasteiger charge is -2.27. The average molecular weight is 368 g/mol. The second-order valence-electron chi connectivity index (χ2n) is 6.78. The maximum absolute atomic E-state index is 10.9. The molecule has 1 aliphatic rings. The molecule has 24 heavy (non-hydrogen) atoms. The van der Waals surface area contributed by atoms with E-state index in [1.807, 2.05) is 0 Å². The van der Waals surface area contributed by atoms with Crippen molar-refractivity contribution in [3.8, 4) is 0 Å². The first kappa shape index (κ1) is 21.8. The zero-order valence-electron chi connectivity index (χ0n) is 14.8. The summed E-state index contributed by atoms with van der Waals surface area (Å²) in [5.74, 6) is -0.224. The fraction of sp³-hybridized carbons (Fsp3) is 1.00. The summed E-state index contributed by atoms with van der Waals surface area (Å²) < 4.78 is 30.6. The highest BCUT2D eigenvalue weighted by atomic mass is 32.2. The Balaban J connectivity index is 2.61. The van der Waals surface area contributed by atoms with E-state index in [4.69, 9.17) is 4.55 Å². The van der Waals surface area contributed by atoms with Crippen LogP contribution in [0.15, 0.2) is 0 Å². The Kier molecular flexibility index (Phi) is 9.65. The number of β-amino-alcohol motifs (C(OH)–C–C–N with tert-alkyl or cyclic N) is 2. The van der Waals surface area contributed by atoms with Crippen LogP contribution in [0, 0.1) is 0 Å². The lowest BCUT2D eigenvalue weighted by Crippen LogP contribution is -2.41. The minimum atomic E-state index is -3.92. The van der Waals surface area contributed by atoms with Gasteiger partial charge in [0.2, 0.25) is 0 Å². The van der Waals surface area contributed by atoms with Crippen molar-refractivity contribution in [3.05, 3.63) is 0 Å². The molecule has 0 aromatic heterocycles. The van der Waals surface area contributed by atoms with Gasteiger partial charge in [-0.25, -0.2) is 0 Å². The molecule has 0 aromatic rings. The van der Waals surface area contributed by atoms with Gasteiger partial charge in [-0.15, -0.1) is 0 Å². The second-order valence-corrected chi connectivity index (χ2v) is 8.35. The Hall–Kier alpha value is -0.290. The molecule has 0 bridgehead atoms. The van der Waals surface area contributed by atoms with Gasteiger partial charge in [0, 0.05) is 52.4 Å². The minimum absolute atomic E-state index is 0.224. The normalized spacial score (nSPS) is 22.5. The summed E-state index contributed by atoms with van der Waals surface area (Å²) >= 11 is 0. The molecule has 3 N–H and O–H groups in total. The molecule has 1 fully saturated rings. The quantitative estimate of drug-likeness (QED) is 0.467. The fourth-order valence-electron chi connectivity index (χ4n) is 2.99. The van der Waals surface area contributed by atoms with E-state index in [-0.39, 0.29) is 5.75 Å². The van der Waals surface area contributed by atoms with Gasteiger partial charge in [0.25, 0.3) is 10.1 Å². The maximum atomic E-state index is 10.9. The Bertz CT molecular complexity index is 422. The Morgan fingerprint density at radius 1 is 0.833 bits per heavy atom. The molecular formula is C15H33N3O5S. The molecule has 2 atom stereocenters. The predicted octanol–water partition coefficient (Wildman–Crippen LogP) is -1.05. The largest absolute Gasteiger partial charge is 0.392 e. The molecule has 0 aliphatic carbocycles. The summed E-state index contributed by atoms with van der Waals surface area (Å²) in [6.07, 6.45) is -0.404. The van der Waals surface area contributed by atoms with Crippen molar-refractivity contribution in [3.63, 3.8) is 0 Å². The van der Waals surface area contributed by atoms with Gasteiger partial charge in [0.05, 0.1) is 18.0 Å². The highest BCUT2D eigenvalue weighted by Gasteiger charge is 2.18. The molecule has 8 nitrogen and oxygen atoms in total. The van der Waals surface area contributed by atoms with Gasteiger partial charge in [-0.1, -0.05) is 0 Å². The van der Waals surface area contributed by atoms with Crippen molar-refractivity contribution in [1.82, 2.24) is 14.7 Å². The second kappa shape index (κ2) is 10.6. The van der Waals surface area contributed by atoms with Crippen LogP contribution in [0.1, 0.15) is 20.3 Å². The molecule has 0 radical (unpaired) electrons. The van der Waals surface area contributed by atoms with E-state index < -0.39 is 22.3 Å². The van der Waals surface area contributed by atoms with Gasteiger partial charge >= 0.3 is 0 Å². The third kappa shape index (κ3) is 10.5. The van der Waals surface area contributed by atoms with Gasteiger partial charge in [0.1, 0.15) is 0 Å². The van der Waals surface area contributed by atoms with Gasteiger partial charge in [0.15, 0.2) is 0 Å². The lowest BCUT2D eigenvalue weighted by atomic mass is 10.3. The minimum Gasteiger partial charge on any atom is -0.392 e. The van der Waals surface area contributed by atoms with Crippen LogP contribution in [-0.2, 0) is 10.1 Å². The number of aliphatic hydroxyl groups is 2. The Labute approximate surface area is 145 Å². The molecule has 1 aliphatic heterocycles. The van der Waals surface area contributed by atoms with Crippen molar-refractivity contribution in [1.29, 1.82) is 0 Å². The van der Waals surface area contributed by atoms with Crippen LogP contribution in [0.5, 0.6) is 0 Å². The van der Waals surface area contributed by atoms with E-state index in [2.05, 4.69) is 14.7 Å². The molecule has 0 saturated carbocycles. The van der Waals surface area contributed by atoms with Gasteiger partial charge in [-0.2, -0.15) is 8.42 Å². The van der Waals surface area contributed by atoms with Crippen molar-refractivity contribution in [2.45, 2.75) is 32.5 Å². The summed E-state index contributed by atoms with van der Waals surface area (Å²) in [5.41, 5.74) is 0. The van der Waals surface area contributed by atoms with Crippen LogP contribution in [0.4, 0.5) is 0 Å². The first-order chi connectivity index (χ1) is 11.2. The molecule has 9 heteroatoms. The summed E-state index contributed by atoms with van der Waals surface area (Å²) in [6.45, 7) is 10.2. The standard InChI is InChI=1S/C15H33N3O5S/c1-14(19)12-17-7-5-16(4-3-11-24(21,22)23)6-8-18(10-9-17)13-15(2)20/h14-15,19-20H,3-13H2,1-2H3,(H,21,22,23)/t14-,15-/m0/s1. The van der Waals surface area contributed by atoms with Crippen LogP contribution in [0.3, 0.4) is 0 Å². The number of hydrogen-bond acceptors (Lipinski definition) is 7. The zero-order valence-corrected chi connectivity index (χ0v) is 15.7. The highest BCUT2D eigenvalue weighted by molar-refractivity contribution is 7.85. The van der Waals surface area contributed by atoms with E-state index in [0.717, 1.165) is 39.3 Å². The topological polar surface area (TPSA) is 105 Å². The molecule has 1 saturated heterocycles. The molecule has 144 valence electrons. The smallest absolute Gasteiger partial charge is 0.264 e. The van der Waals surface area contributed by atoms with Gasteiger partial charge in [-0.3, -0.25) is 14.4 Å². The van der Waals surface area contributed by atoms with Crippen LogP contribution in [0.25, 0.3) is 0 Å². The van der Waals surface area contributed by atoms with E-state index in [1.54, 1.807) is 13.8 Å². The Morgan fingerprint density at radius 3 is 1.54 bits per heavy atom. The predicted molar refractivity (Wildman–Crippen MR) is 93.7 cm³/mol. The molecule has 0 amide bonds. The molecule has 0 aromatic carbocycles. The van der Waals surface area contributed by atoms with Crippen molar-refractivity contribution in [2.24, 2.45) is 0 Å². The monoisotopic (exact) mass is 367 g/mol. The molecule has 1 rings (SSSR count). The number of hydrogen-bond donors (Lipinski definition) is 3. The summed E-state index contributed by atoms with van der Waals surface area (Å²) in [6, 6.07) is 0. The van der Waals surface area contributed by atoms with Crippen LogP contribution in [-0.4, -0.2) is 115 Å². The fourth-order valence-corrected chi connectivity index (χ4v) is 3.48. The van der Waals surface area contributed by atoms with Crippen molar-refractivity contribution in [2.75, 3.05) is 64.7 Å². The van der Waals surface area contributed by atoms with Gasteiger partial charge < -0.3 is 15.1 Å². The average Bonchev–Trinajstić information content (AvgIpc) is 2.50. The van der Waals surface area contributed by atoms with Crippen molar-refractivity contribution < 1.29 is 23.2 Å². The third-order valence-electron chi connectivity index (χ3n) is 4.12. The number of rotatable bonds is 8. The first-order valence-electron chi connectivity index (χ1n) is 8.64.